The normalized spacial score (nSPS) is 16.0. The Morgan fingerprint density at radius 2 is 1.72 bits per heavy atom. The highest BCUT2D eigenvalue weighted by Gasteiger charge is 2.24. The molecule has 0 unspecified atom stereocenters. The van der Waals surface area contributed by atoms with Gasteiger partial charge in [-0.25, -0.2) is 14.2 Å². The average molecular weight is 594 g/mol. The second-order valence-corrected chi connectivity index (χ2v) is 10.9. The highest BCUT2D eigenvalue weighted by atomic mass is 19.1. The maximum Gasteiger partial charge on any atom is 0.321 e. The second-order valence-electron chi connectivity index (χ2n) is 10.9. The molecule has 0 spiro atoms. The lowest BCUT2D eigenvalue weighted by molar-refractivity contribution is 0.0946. The lowest BCUT2D eigenvalue weighted by Crippen LogP contribution is -2.42. The summed E-state index contributed by atoms with van der Waals surface area (Å²) in [6, 6.07) is 12.4. The van der Waals surface area contributed by atoms with E-state index >= 15 is 0 Å². The van der Waals surface area contributed by atoms with Crippen LogP contribution in [0.2, 0.25) is 0 Å². The van der Waals surface area contributed by atoms with Crippen LogP contribution in [0.3, 0.4) is 0 Å². The van der Waals surface area contributed by atoms with Crippen LogP contribution in [0.4, 0.5) is 30.9 Å². The number of urea groups is 1. The Kier molecular flexibility index (Phi) is 10.3. The van der Waals surface area contributed by atoms with Crippen LogP contribution in [0.15, 0.2) is 54.7 Å². The minimum atomic E-state index is -0.681. The van der Waals surface area contributed by atoms with E-state index in [0.29, 0.717) is 49.4 Å². The van der Waals surface area contributed by atoms with E-state index in [-0.39, 0.29) is 36.3 Å². The van der Waals surface area contributed by atoms with Gasteiger partial charge in [0.15, 0.2) is 0 Å². The first kappa shape index (κ1) is 30.1. The Morgan fingerprint density at radius 3 is 2.51 bits per heavy atom. The first-order valence-corrected chi connectivity index (χ1v) is 14.8. The summed E-state index contributed by atoms with van der Waals surface area (Å²) in [6.07, 6.45) is 6.07. The van der Waals surface area contributed by atoms with Gasteiger partial charge in [-0.1, -0.05) is 18.6 Å². The van der Waals surface area contributed by atoms with E-state index in [9.17, 15) is 18.4 Å². The van der Waals surface area contributed by atoms with Crippen molar-refractivity contribution in [3.63, 3.8) is 0 Å². The van der Waals surface area contributed by atoms with E-state index in [4.69, 9.17) is 4.74 Å². The van der Waals surface area contributed by atoms with Crippen molar-refractivity contribution in [2.75, 3.05) is 56.5 Å². The zero-order valence-corrected chi connectivity index (χ0v) is 24.0. The molecular weight excluding hydrogens is 556 g/mol. The third-order valence-corrected chi connectivity index (χ3v) is 7.69. The zero-order chi connectivity index (χ0) is 30.0. The molecule has 0 atom stereocenters. The van der Waals surface area contributed by atoms with Crippen molar-refractivity contribution in [3.8, 4) is 5.88 Å². The van der Waals surface area contributed by atoms with Crippen LogP contribution in [0.5, 0.6) is 5.88 Å². The van der Waals surface area contributed by atoms with E-state index in [2.05, 4.69) is 30.8 Å². The summed E-state index contributed by atoms with van der Waals surface area (Å²) in [7, 11) is 0. The Balaban J connectivity index is 1.08. The van der Waals surface area contributed by atoms with Gasteiger partial charge in [0, 0.05) is 43.1 Å². The monoisotopic (exact) mass is 593 g/mol. The van der Waals surface area contributed by atoms with Crippen molar-refractivity contribution in [2.45, 2.75) is 32.1 Å². The van der Waals surface area contributed by atoms with Crippen LogP contribution in [-0.4, -0.2) is 77.6 Å². The number of nitrogens with one attached hydrogen (secondary N) is 3. The standard InChI is InChI=1S/C31H37F2N7O3/c32-24-7-5-9-26(19-24)37-31(42)40-15-10-22(11-16-40)21-43-29-27(33)20-35-30(38-29)36-25-8-4-6-23(18-25)28(41)34-12-17-39-13-2-1-3-14-39/h4-9,18-20,22H,1-3,10-17,21H2,(H,34,41)(H,37,42)(H,35,36,38). The SMILES string of the molecule is O=C(NCCN1CCCCC1)c1cccc(Nc2ncc(F)c(OCC3CCN(C(=O)Nc4cccc(F)c4)CC3)n2)c1. The molecule has 228 valence electrons. The predicted octanol–water partition coefficient (Wildman–Crippen LogP) is 5.04. The fraction of sp³-hybridized carbons (Fsp3) is 0.419. The molecule has 3 N–H and O–H groups in total. The molecule has 0 bridgehead atoms. The molecule has 2 fully saturated rings. The molecule has 3 aromatic rings. The van der Waals surface area contributed by atoms with Crippen molar-refractivity contribution in [3.05, 3.63) is 71.9 Å². The van der Waals surface area contributed by atoms with Gasteiger partial charge < -0.3 is 30.5 Å². The summed E-state index contributed by atoms with van der Waals surface area (Å²) < 4.78 is 33.6. The summed E-state index contributed by atoms with van der Waals surface area (Å²) in [4.78, 5) is 37.4. The molecule has 0 aliphatic carbocycles. The topological polar surface area (TPSA) is 112 Å². The number of carbonyl (C=O) groups excluding carboxylic acids is 2. The first-order valence-electron chi connectivity index (χ1n) is 14.8. The van der Waals surface area contributed by atoms with Gasteiger partial charge in [-0.15, -0.1) is 0 Å². The lowest BCUT2D eigenvalue weighted by atomic mass is 9.98. The maximum absolute atomic E-state index is 14.5. The maximum atomic E-state index is 14.5. The summed E-state index contributed by atoms with van der Waals surface area (Å²) >= 11 is 0. The number of nitrogens with zero attached hydrogens (tertiary/aromatic N) is 4. The van der Waals surface area contributed by atoms with Crippen molar-refractivity contribution in [2.24, 2.45) is 5.92 Å². The van der Waals surface area contributed by atoms with Gasteiger partial charge in [-0.05, 0) is 81.1 Å². The molecule has 3 amide bonds. The number of carbonyl (C=O) groups is 2. The number of aromatic nitrogens is 2. The number of benzene rings is 2. The largest absolute Gasteiger partial charge is 0.475 e. The molecule has 0 saturated carbocycles. The van der Waals surface area contributed by atoms with E-state index in [0.717, 1.165) is 25.8 Å². The molecule has 0 radical (unpaired) electrons. The average Bonchev–Trinajstić information content (AvgIpc) is 3.02. The second kappa shape index (κ2) is 14.7. The molecule has 12 heteroatoms. The zero-order valence-electron chi connectivity index (χ0n) is 24.0. The highest BCUT2D eigenvalue weighted by molar-refractivity contribution is 5.95. The van der Waals surface area contributed by atoms with Crippen LogP contribution >= 0.6 is 0 Å². The number of hydrogen-bond donors (Lipinski definition) is 3. The van der Waals surface area contributed by atoms with Gasteiger partial charge in [0.2, 0.25) is 11.8 Å². The Hall–Kier alpha value is -4.32. The van der Waals surface area contributed by atoms with Crippen molar-refractivity contribution in [1.29, 1.82) is 0 Å². The highest BCUT2D eigenvalue weighted by Crippen LogP contribution is 2.23. The Bertz CT molecular complexity index is 1400. The Labute approximate surface area is 249 Å². The van der Waals surface area contributed by atoms with E-state index in [1.807, 2.05) is 0 Å². The van der Waals surface area contributed by atoms with E-state index in [1.54, 1.807) is 35.2 Å². The molecule has 1 aromatic heterocycles. The van der Waals surface area contributed by atoms with Gasteiger partial charge in [0.1, 0.15) is 5.82 Å². The molecule has 43 heavy (non-hydrogen) atoms. The van der Waals surface area contributed by atoms with Crippen LogP contribution in [-0.2, 0) is 0 Å². The third kappa shape index (κ3) is 8.84. The molecule has 3 heterocycles. The number of anilines is 3. The molecule has 2 aromatic carbocycles. The number of rotatable bonds is 10. The van der Waals surface area contributed by atoms with Crippen molar-refractivity contribution < 1.29 is 23.1 Å². The molecule has 2 aliphatic heterocycles. The van der Waals surface area contributed by atoms with Crippen molar-refractivity contribution in [1.82, 2.24) is 25.1 Å². The summed E-state index contributed by atoms with van der Waals surface area (Å²) in [6.45, 7) is 4.80. The lowest BCUT2D eigenvalue weighted by Gasteiger charge is -2.31. The van der Waals surface area contributed by atoms with Gasteiger partial charge in [0.05, 0.1) is 12.8 Å². The molecular formula is C31H37F2N7O3. The number of piperidine rings is 2. The Morgan fingerprint density at radius 1 is 0.953 bits per heavy atom. The fourth-order valence-corrected chi connectivity index (χ4v) is 5.26. The fourth-order valence-electron chi connectivity index (χ4n) is 5.26. The van der Waals surface area contributed by atoms with Crippen LogP contribution < -0.4 is 20.7 Å². The first-order chi connectivity index (χ1) is 20.9. The summed E-state index contributed by atoms with van der Waals surface area (Å²) in [5, 5.41) is 8.71. The smallest absolute Gasteiger partial charge is 0.321 e. The van der Waals surface area contributed by atoms with Gasteiger partial charge >= 0.3 is 6.03 Å². The number of likely N-dealkylation sites (tertiary alicyclic amines) is 2. The molecule has 5 rings (SSSR count). The predicted molar refractivity (Wildman–Crippen MR) is 160 cm³/mol. The third-order valence-electron chi connectivity index (χ3n) is 7.69. The number of halogens is 2. The minimum absolute atomic E-state index is 0.106. The van der Waals surface area contributed by atoms with Crippen molar-refractivity contribution >= 4 is 29.3 Å². The number of hydrogen-bond acceptors (Lipinski definition) is 7. The summed E-state index contributed by atoms with van der Waals surface area (Å²) in [5.41, 5.74) is 1.49. The van der Waals surface area contributed by atoms with Gasteiger partial charge in [-0.2, -0.15) is 9.37 Å². The van der Waals surface area contributed by atoms with E-state index in [1.165, 1.54) is 37.5 Å². The van der Waals surface area contributed by atoms with Crippen LogP contribution in [0.1, 0.15) is 42.5 Å². The number of amides is 3. The van der Waals surface area contributed by atoms with E-state index < -0.39 is 11.6 Å². The summed E-state index contributed by atoms with van der Waals surface area (Å²) in [5.74, 6) is -1.19. The molecule has 2 aliphatic rings. The number of ether oxygens (including phenoxy) is 1. The minimum Gasteiger partial charge on any atom is -0.475 e. The quantitative estimate of drug-likeness (QED) is 0.302. The van der Waals surface area contributed by atoms with Crippen LogP contribution in [0, 0.1) is 17.6 Å². The van der Waals surface area contributed by atoms with Gasteiger partial charge in [-0.3, -0.25) is 4.79 Å². The molecule has 10 nitrogen and oxygen atoms in total. The molecule has 2 saturated heterocycles. The van der Waals surface area contributed by atoms with Crippen LogP contribution in [0.25, 0.3) is 0 Å². The van der Waals surface area contributed by atoms with Gasteiger partial charge in [0.25, 0.3) is 11.8 Å².